The molecule has 0 N–H and O–H groups in total. The van der Waals surface area contributed by atoms with Gasteiger partial charge >= 0.3 is 5.97 Å². The highest BCUT2D eigenvalue weighted by Gasteiger charge is 2.08. The fourth-order valence-electron chi connectivity index (χ4n) is 1.12. The molecule has 0 aromatic carbocycles. The molecule has 5 heteroatoms. The van der Waals surface area contributed by atoms with E-state index in [1.165, 1.54) is 19.4 Å². The number of methoxy groups -OCH3 is 1. The number of hydrogen-bond acceptors (Lipinski definition) is 3. The minimum Gasteiger partial charge on any atom is -0.464 e. The average Bonchev–Trinajstić information content (AvgIpc) is 2.25. The molecule has 0 amide bonds. The summed E-state index contributed by atoms with van der Waals surface area (Å²) in [5, 5.41) is 0. The summed E-state index contributed by atoms with van der Waals surface area (Å²) in [5.74, 6) is -0.561. The van der Waals surface area contributed by atoms with Gasteiger partial charge in [-0.1, -0.05) is 0 Å². The van der Waals surface area contributed by atoms with E-state index in [-0.39, 0.29) is 18.5 Å². The summed E-state index contributed by atoms with van der Waals surface area (Å²) in [6.07, 6.45) is -0.915. The van der Waals surface area contributed by atoms with Gasteiger partial charge in [-0.2, -0.15) is 0 Å². The molecule has 82 valence electrons. The van der Waals surface area contributed by atoms with Crippen LogP contribution in [0.3, 0.4) is 0 Å². The van der Waals surface area contributed by atoms with Gasteiger partial charge in [0.25, 0.3) is 0 Å². The van der Waals surface area contributed by atoms with E-state index < -0.39 is 12.4 Å². The molecule has 0 saturated heterocycles. The van der Waals surface area contributed by atoms with Crippen molar-refractivity contribution in [3.8, 4) is 0 Å². The van der Waals surface area contributed by atoms with E-state index >= 15 is 0 Å². The van der Waals surface area contributed by atoms with Crippen LogP contribution in [-0.4, -0.2) is 24.5 Å². The van der Waals surface area contributed by atoms with E-state index in [2.05, 4.69) is 9.72 Å². The van der Waals surface area contributed by atoms with Gasteiger partial charge in [0.1, 0.15) is 5.69 Å². The van der Waals surface area contributed by atoms with Gasteiger partial charge in [0.2, 0.25) is 6.43 Å². The Morgan fingerprint density at radius 1 is 1.60 bits per heavy atom. The van der Waals surface area contributed by atoms with Crippen molar-refractivity contribution in [3.05, 3.63) is 29.6 Å². The molecule has 0 atom stereocenters. The zero-order valence-corrected chi connectivity index (χ0v) is 8.24. The lowest BCUT2D eigenvalue weighted by Crippen LogP contribution is -2.05. The van der Waals surface area contributed by atoms with Gasteiger partial charge in [-0.3, -0.25) is 0 Å². The van der Waals surface area contributed by atoms with Crippen molar-refractivity contribution in [1.82, 2.24) is 4.98 Å². The summed E-state index contributed by atoms with van der Waals surface area (Å²) in [6, 6.07) is 3.07. The highest BCUT2D eigenvalue weighted by molar-refractivity contribution is 5.87. The van der Waals surface area contributed by atoms with Gasteiger partial charge < -0.3 is 4.74 Å². The number of carbonyl (C=O) groups excluding carboxylic acids is 1. The molecular formula is C10H11F2NO2. The summed E-state index contributed by atoms with van der Waals surface area (Å²) in [7, 11) is 1.25. The number of nitrogens with zero attached hydrogens (tertiary/aromatic N) is 1. The standard InChI is InChI=1S/C10H11F2NO2/c1-15-10(14)8-6-7(4-5-13-8)2-3-9(11)12/h4-6,9H,2-3H2,1H3. The maximum absolute atomic E-state index is 11.9. The number of aryl methyl sites for hydroxylation is 1. The van der Waals surface area contributed by atoms with Crippen molar-refractivity contribution in [2.24, 2.45) is 0 Å². The van der Waals surface area contributed by atoms with Crippen molar-refractivity contribution in [2.75, 3.05) is 7.11 Å². The lowest BCUT2D eigenvalue weighted by atomic mass is 10.1. The Bertz CT molecular complexity index is 342. The predicted molar refractivity (Wildman–Crippen MR) is 49.9 cm³/mol. The van der Waals surface area contributed by atoms with Crippen LogP contribution in [0.15, 0.2) is 18.3 Å². The van der Waals surface area contributed by atoms with Crippen molar-refractivity contribution in [1.29, 1.82) is 0 Å². The zero-order valence-electron chi connectivity index (χ0n) is 8.24. The Balaban J connectivity index is 2.70. The van der Waals surface area contributed by atoms with Crippen LogP contribution in [0.2, 0.25) is 0 Å². The molecule has 0 aliphatic rings. The summed E-state index contributed by atoms with van der Waals surface area (Å²) in [4.78, 5) is 14.8. The minimum atomic E-state index is -2.33. The molecule has 0 unspecified atom stereocenters. The van der Waals surface area contributed by atoms with Gasteiger partial charge in [-0.05, 0) is 24.1 Å². The van der Waals surface area contributed by atoms with Crippen LogP contribution in [0.5, 0.6) is 0 Å². The topological polar surface area (TPSA) is 39.2 Å². The van der Waals surface area contributed by atoms with Gasteiger partial charge in [0, 0.05) is 12.6 Å². The van der Waals surface area contributed by atoms with Crippen LogP contribution in [-0.2, 0) is 11.2 Å². The fourth-order valence-corrected chi connectivity index (χ4v) is 1.12. The number of carbonyl (C=O) groups is 1. The molecule has 0 bridgehead atoms. The minimum absolute atomic E-state index is 0.143. The molecule has 0 aliphatic heterocycles. The molecule has 0 fully saturated rings. The molecule has 15 heavy (non-hydrogen) atoms. The third-order valence-electron chi connectivity index (χ3n) is 1.87. The number of alkyl halides is 2. The largest absolute Gasteiger partial charge is 0.464 e. The second kappa shape index (κ2) is 5.38. The Kier molecular flexibility index (Phi) is 4.15. The molecule has 3 nitrogen and oxygen atoms in total. The van der Waals surface area contributed by atoms with Gasteiger partial charge in [0.05, 0.1) is 7.11 Å². The molecule has 1 rings (SSSR count). The van der Waals surface area contributed by atoms with E-state index in [4.69, 9.17) is 0 Å². The zero-order chi connectivity index (χ0) is 11.3. The smallest absolute Gasteiger partial charge is 0.356 e. The molecular weight excluding hydrogens is 204 g/mol. The van der Waals surface area contributed by atoms with Crippen molar-refractivity contribution < 1.29 is 18.3 Å². The Morgan fingerprint density at radius 3 is 2.93 bits per heavy atom. The van der Waals surface area contributed by atoms with E-state index in [1.807, 2.05) is 0 Å². The number of hydrogen-bond donors (Lipinski definition) is 0. The summed E-state index contributed by atoms with van der Waals surface area (Å²) < 4.78 is 28.3. The molecule has 0 radical (unpaired) electrons. The first kappa shape index (κ1) is 11.6. The molecule has 0 spiro atoms. The van der Waals surface area contributed by atoms with E-state index in [1.54, 1.807) is 6.07 Å². The Labute approximate surface area is 86.1 Å². The molecule has 1 aromatic heterocycles. The molecule has 0 aliphatic carbocycles. The number of esters is 1. The lowest BCUT2D eigenvalue weighted by molar-refractivity contribution is 0.0594. The highest BCUT2D eigenvalue weighted by Crippen LogP contribution is 2.09. The normalized spacial score (nSPS) is 10.4. The summed E-state index contributed by atoms with van der Waals surface area (Å²) in [6.45, 7) is 0. The lowest BCUT2D eigenvalue weighted by Gasteiger charge is -2.02. The summed E-state index contributed by atoms with van der Waals surface area (Å²) in [5.41, 5.74) is 0.801. The SMILES string of the molecule is COC(=O)c1cc(CCC(F)F)ccn1. The van der Waals surface area contributed by atoms with Crippen molar-refractivity contribution in [3.63, 3.8) is 0 Å². The number of pyridine rings is 1. The quantitative estimate of drug-likeness (QED) is 0.722. The third-order valence-corrected chi connectivity index (χ3v) is 1.87. The van der Waals surface area contributed by atoms with Gasteiger partial charge in [-0.15, -0.1) is 0 Å². The first-order valence-electron chi connectivity index (χ1n) is 4.45. The maximum Gasteiger partial charge on any atom is 0.356 e. The van der Waals surface area contributed by atoms with Crippen LogP contribution in [0.25, 0.3) is 0 Å². The summed E-state index contributed by atoms with van der Waals surface area (Å²) >= 11 is 0. The van der Waals surface area contributed by atoms with Gasteiger partial charge in [-0.25, -0.2) is 18.6 Å². The monoisotopic (exact) mass is 215 g/mol. The van der Waals surface area contributed by atoms with Crippen LogP contribution in [0.1, 0.15) is 22.5 Å². The predicted octanol–water partition coefficient (Wildman–Crippen LogP) is 2.07. The number of rotatable bonds is 4. The van der Waals surface area contributed by atoms with Crippen LogP contribution in [0, 0.1) is 0 Å². The molecule has 1 aromatic rings. The second-order valence-corrected chi connectivity index (χ2v) is 2.97. The number of aromatic nitrogens is 1. The first-order valence-corrected chi connectivity index (χ1v) is 4.45. The van der Waals surface area contributed by atoms with Crippen LogP contribution < -0.4 is 0 Å². The van der Waals surface area contributed by atoms with E-state index in [0.29, 0.717) is 5.56 Å². The average molecular weight is 215 g/mol. The third kappa shape index (κ3) is 3.61. The molecule has 0 saturated carbocycles. The van der Waals surface area contributed by atoms with E-state index in [0.717, 1.165) is 0 Å². The highest BCUT2D eigenvalue weighted by atomic mass is 19.3. The van der Waals surface area contributed by atoms with Crippen LogP contribution >= 0.6 is 0 Å². The second-order valence-electron chi connectivity index (χ2n) is 2.97. The van der Waals surface area contributed by atoms with Crippen molar-refractivity contribution >= 4 is 5.97 Å². The fraction of sp³-hybridized carbons (Fsp3) is 0.400. The van der Waals surface area contributed by atoms with Crippen molar-refractivity contribution in [2.45, 2.75) is 19.3 Å². The van der Waals surface area contributed by atoms with Crippen LogP contribution in [0.4, 0.5) is 8.78 Å². The maximum atomic E-state index is 11.9. The van der Waals surface area contributed by atoms with E-state index in [9.17, 15) is 13.6 Å². The first-order chi connectivity index (χ1) is 7.13. The molecule has 1 heterocycles. The Morgan fingerprint density at radius 2 is 2.33 bits per heavy atom. The van der Waals surface area contributed by atoms with Gasteiger partial charge in [0.15, 0.2) is 0 Å². The number of ether oxygens (including phenoxy) is 1. The number of halogens is 2. The Hall–Kier alpha value is -1.52.